The molecule has 3 aromatic rings. The summed E-state index contributed by atoms with van der Waals surface area (Å²) >= 11 is 0. The van der Waals surface area contributed by atoms with E-state index in [1.165, 1.54) is 5.56 Å². The quantitative estimate of drug-likeness (QED) is 0.534. The van der Waals surface area contributed by atoms with E-state index in [-0.39, 0.29) is 12.5 Å². The molecular weight excluding hydrogens is 314 g/mol. The Morgan fingerprint density at radius 2 is 2.12 bits per heavy atom. The maximum absolute atomic E-state index is 11.8. The number of aryl methyl sites for hydroxylation is 2. The molecule has 0 radical (unpaired) electrons. The number of hydrazone groups is 1. The summed E-state index contributed by atoms with van der Waals surface area (Å²) < 4.78 is 5.44. The number of amides is 1. The van der Waals surface area contributed by atoms with Crippen LogP contribution >= 0.6 is 0 Å². The Balaban J connectivity index is 1.59. The molecule has 1 aromatic heterocycles. The van der Waals surface area contributed by atoms with Crippen LogP contribution in [0.25, 0.3) is 10.9 Å². The van der Waals surface area contributed by atoms with Crippen LogP contribution in [0.1, 0.15) is 23.6 Å². The van der Waals surface area contributed by atoms with Crippen LogP contribution < -0.4 is 10.2 Å². The average molecular weight is 335 g/mol. The zero-order valence-electron chi connectivity index (χ0n) is 14.4. The summed E-state index contributed by atoms with van der Waals surface area (Å²) in [6.07, 6.45) is 4.49. The fraction of sp³-hybridized carbons (Fsp3) is 0.200. The second kappa shape index (κ2) is 7.66. The lowest BCUT2D eigenvalue weighted by Gasteiger charge is -2.05. The first kappa shape index (κ1) is 16.8. The van der Waals surface area contributed by atoms with Crippen LogP contribution in [0.15, 0.2) is 53.8 Å². The molecule has 1 amide bonds. The van der Waals surface area contributed by atoms with Crippen molar-refractivity contribution >= 4 is 23.0 Å². The Hall–Kier alpha value is -3.08. The third-order valence-corrected chi connectivity index (χ3v) is 3.97. The number of nitrogens with one attached hydrogen (secondary N) is 2. The van der Waals surface area contributed by atoms with E-state index >= 15 is 0 Å². The summed E-state index contributed by atoms with van der Waals surface area (Å²) in [5.41, 5.74) is 6.88. The molecule has 1 heterocycles. The summed E-state index contributed by atoms with van der Waals surface area (Å²) in [6, 6.07) is 13.7. The number of benzene rings is 2. The highest BCUT2D eigenvalue weighted by Gasteiger charge is 2.05. The van der Waals surface area contributed by atoms with Crippen LogP contribution in [0.3, 0.4) is 0 Å². The molecular formula is C20H21N3O2. The van der Waals surface area contributed by atoms with Gasteiger partial charge in [-0.1, -0.05) is 37.3 Å². The fourth-order valence-electron chi connectivity index (χ4n) is 2.70. The number of aromatic amines is 1. The van der Waals surface area contributed by atoms with Crippen molar-refractivity contribution in [3.05, 3.63) is 65.4 Å². The highest BCUT2D eigenvalue weighted by Crippen LogP contribution is 2.20. The molecule has 25 heavy (non-hydrogen) atoms. The number of hydrogen-bond donors (Lipinski definition) is 2. The van der Waals surface area contributed by atoms with Gasteiger partial charge in [0, 0.05) is 22.7 Å². The molecule has 0 aliphatic rings. The van der Waals surface area contributed by atoms with Crippen molar-refractivity contribution in [3.8, 4) is 5.75 Å². The van der Waals surface area contributed by atoms with E-state index in [1.54, 1.807) is 6.21 Å². The SMILES string of the molecule is CCc1cccc2c(/C=N/NC(=O)COc3cccc(C)c3)c[nH]c12. The summed E-state index contributed by atoms with van der Waals surface area (Å²) in [7, 11) is 0. The van der Waals surface area contributed by atoms with Gasteiger partial charge < -0.3 is 9.72 Å². The minimum Gasteiger partial charge on any atom is -0.484 e. The number of carbonyl (C=O) groups is 1. The van der Waals surface area contributed by atoms with Gasteiger partial charge in [-0.25, -0.2) is 5.43 Å². The minimum atomic E-state index is -0.299. The molecule has 2 aromatic carbocycles. The van der Waals surface area contributed by atoms with E-state index in [1.807, 2.05) is 49.5 Å². The number of rotatable bonds is 6. The maximum atomic E-state index is 11.8. The van der Waals surface area contributed by atoms with E-state index in [2.05, 4.69) is 28.5 Å². The van der Waals surface area contributed by atoms with Crippen molar-refractivity contribution < 1.29 is 9.53 Å². The monoisotopic (exact) mass is 335 g/mol. The van der Waals surface area contributed by atoms with Gasteiger partial charge in [0.15, 0.2) is 6.61 Å². The Morgan fingerprint density at radius 3 is 2.92 bits per heavy atom. The topological polar surface area (TPSA) is 66.5 Å². The first-order valence-corrected chi connectivity index (χ1v) is 8.27. The van der Waals surface area contributed by atoms with E-state index in [0.29, 0.717) is 5.75 Å². The van der Waals surface area contributed by atoms with Crippen LogP contribution in [0.5, 0.6) is 5.75 Å². The van der Waals surface area contributed by atoms with E-state index in [0.717, 1.165) is 28.5 Å². The van der Waals surface area contributed by atoms with Crippen LogP contribution in [0.2, 0.25) is 0 Å². The van der Waals surface area contributed by atoms with Crippen LogP contribution in [-0.2, 0) is 11.2 Å². The summed E-state index contributed by atoms with van der Waals surface area (Å²) in [6.45, 7) is 4.02. The second-order valence-electron chi connectivity index (χ2n) is 5.84. The van der Waals surface area contributed by atoms with Crippen molar-refractivity contribution in [1.82, 2.24) is 10.4 Å². The molecule has 0 atom stereocenters. The van der Waals surface area contributed by atoms with Gasteiger partial charge in [-0.3, -0.25) is 4.79 Å². The first-order valence-electron chi connectivity index (χ1n) is 8.27. The zero-order chi connectivity index (χ0) is 17.6. The lowest BCUT2D eigenvalue weighted by atomic mass is 10.1. The van der Waals surface area contributed by atoms with Gasteiger partial charge in [-0.15, -0.1) is 0 Å². The Labute approximate surface area is 146 Å². The van der Waals surface area contributed by atoms with Crippen molar-refractivity contribution in [2.75, 3.05) is 6.61 Å². The Kier molecular flexibility index (Phi) is 5.14. The number of carbonyl (C=O) groups excluding carboxylic acids is 1. The van der Waals surface area contributed by atoms with Crippen LogP contribution in [0.4, 0.5) is 0 Å². The number of nitrogens with zero attached hydrogens (tertiary/aromatic N) is 1. The van der Waals surface area contributed by atoms with Gasteiger partial charge in [-0.05, 0) is 36.6 Å². The molecule has 0 fully saturated rings. The van der Waals surface area contributed by atoms with Gasteiger partial charge in [0.1, 0.15) is 5.75 Å². The number of ether oxygens (including phenoxy) is 1. The van der Waals surface area contributed by atoms with Crippen molar-refractivity contribution in [1.29, 1.82) is 0 Å². The molecule has 0 aliphatic heterocycles. The predicted octanol–water partition coefficient (Wildman–Crippen LogP) is 3.57. The summed E-state index contributed by atoms with van der Waals surface area (Å²) in [5, 5.41) is 5.12. The molecule has 5 nitrogen and oxygen atoms in total. The van der Waals surface area contributed by atoms with Gasteiger partial charge >= 0.3 is 0 Å². The van der Waals surface area contributed by atoms with Crippen molar-refractivity contribution in [3.63, 3.8) is 0 Å². The standard InChI is InChI=1S/C20H21N3O2/c1-3-15-7-5-9-18-16(11-21-20(15)18)12-22-23-19(24)13-25-17-8-4-6-14(2)10-17/h4-12,21H,3,13H2,1-2H3,(H,23,24)/b22-12+. The van der Waals surface area contributed by atoms with Gasteiger partial charge in [-0.2, -0.15) is 5.10 Å². The normalized spacial score (nSPS) is 11.1. The van der Waals surface area contributed by atoms with Crippen LogP contribution in [0, 0.1) is 6.92 Å². The number of hydrogen-bond acceptors (Lipinski definition) is 3. The van der Waals surface area contributed by atoms with Crippen molar-refractivity contribution in [2.24, 2.45) is 5.10 Å². The summed E-state index contributed by atoms with van der Waals surface area (Å²) in [4.78, 5) is 15.1. The maximum Gasteiger partial charge on any atom is 0.277 e. The van der Waals surface area contributed by atoms with Gasteiger partial charge in [0.05, 0.1) is 6.21 Å². The molecule has 0 unspecified atom stereocenters. The molecule has 2 N–H and O–H groups in total. The molecule has 0 bridgehead atoms. The third kappa shape index (κ3) is 4.07. The predicted molar refractivity (Wildman–Crippen MR) is 100 cm³/mol. The summed E-state index contributed by atoms with van der Waals surface area (Å²) in [5.74, 6) is 0.370. The highest BCUT2D eigenvalue weighted by atomic mass is 16.5. The number of para-hydroxylation sites is 1. The fourth-order valence-corrected chi connectivity index (χ4v) is 2.70. The number of aromatic nitrogens is 1. The van der Waals surface area contributed by atoms with Gasteiger partial charge in [0.2, 0.25) is 0 Å². The lowest BCUT2D eigenvalue weighted by Crippen LogP contribution is -2.24. The zero-order valence-corrected chi connectivity index (χ0v) is 14.4. The molecule has 0 saturated carbocycles. The molecule has 3 rings (SSSR count). The largest absolute Gasteiger partial charge is 0.484 e. The minimum absolute atomic E-state index is 0.0747. The number of fused-ring (bicyclic) bond motifs is 1. The number of H-pyrrole nitrogens is 1. The van der Waals surface area contributed by atoms with E-state index < -0.39 is 0 Å². The van der Waals surface area contributed by atoms with Crippen molar-refractivity contribution in [2.45, 2.75) is 20.3 Å². The Bertz CT molecular complexity index is 912. The van der Waals surface area contributed by atoms with E-state index in [4.69, 9.17) is 4.74 Å². The first-order chi connectivity index (χ1) is 12.2. The van der Waals surface area contributed by atoms with E-state index in [9.17, 15) is 4.79 Å². The van der Waals surface area contributed by atoms with Crippen LogP contribution in [-0.4, -0.2) is 23.7 Å². The average Bonchev–Trinajstić information content (AvgIpc) is 3.03. The molecule has 0 spiro atoms. The third-order valence-electron chi connectivity index (χ3n) is 3.97. The molecule has 0 aliphatic carbocycles. The lowest BCUT2D eigenvalue weighted by molar-refractivity contribution is -0.123. The van der Waals surface area contributed by atoms with Gasteiger partial charge in [0.25, 0.3) is 5.91 Å². The Morgan fingerprint density at radius 1 is 1.28 bits per heavy atom. The highest BCUT2D eigenvalue weighted by molar-refractivity contribution is 6.00. The molecule has 5 heteroatoms. The smallest absolute Gasteiger partial charge is 0.277 e. The molecule has 128 valence electrons. The second-order valence-corrected chi connectivity index (χ2v) is 5.84. The molecule has 0 saturated heterocycles.